The molecular formula is C11H18O4. The van der Waals surface area contributed by atoms with E-state index in [4.69, 9.17) is 9.84 Å². The Morgan fingerprint density at radius 2 is 2.27 bits per heavy atom. The molecule has 0 unspecified atom stereocenters. The van der Waals surface area contributed by atoms with E-state index in [2.05, 4.69) is 4.74 Å². The smallest absolute Gasteiger partial charge is 0.305 e. The first kappa shape index (κ1) is 12.2. The van der Waals surface area contributed by atoms with Crippen LogP contribution in [0.4, 0.5) is 0 Å². The van der Waals surface area contributed by atoms with Gasteiger partial charge in [0.1, 0.15) is 6.10 Å². The number of allylic oxidation sites excluding steroid dienone is 1. The first-order chi connectivity index (χ1) is 7.27. The van der Waals surface area contributed by atoms with E-state index in [1.165, 1.54) is 7.11 Å². The van der Waals surface area contributed by atoms with E-state index >= 15 is 0 Å². The van der Waals surface area contributed by atoms with Crippen molar-refractivity contribution in [2.24, 2.45) is 0 Å². The molecule has 0 bridgehead atoms. The van der Waals surface area contributed by atoms with E-state index in [9.17, 15) is 4.79 Å². The molecule has 1 heterocycles. The lowest BCUT2D eigenvalue weighted by atomic mass is 10.2. The topological polar surface area (TPSA) is 59.1 Å². The van der Waals surface area contributed by atoms with E-state index in [0.717, 1.165) is 19.3 Å². The average Bonchev–Trinajstić information content (AvgIpc) is 3.01. The standard InChI is InChI=1S/C11H18O4/c1-14-11(13)7-5-3-2-4-6-9-10(8-12)15-9/h2,4,9-10,12H,3,5-8H2,1H3/b4-2+/t9-,10-/m1/s1. The second-order valence-corrected chi connectivity index (χ2v) is 3.57. The molecule has 1 rings (SSSR count). The predicted molar refractivity (Wildman–Crippen MR) is 55.4 cm³/mol. The van der Waals surface area contributed by atoms with Crippen molar-refractivity contribution in [1.29, 1.82) is 0 Å². The number of hydrogen-bond acceptors (Lipinski definition) is 4. The summed E-state index contributed by atoms with van der Waals surface area (Å²) in [5.41, 5.74) is 0. The number of epoxide rings is 1. The number of aliphatic hydroxyl groups is 1. The van der Waals surface area contributed by atoms with Crippen molar-refractivity contribution >= 4 is 5.97 Å². The molecule has 0 aromatic heterocycles. The fourth-order valence-electron chi connectivity index (χ4n) is 1.36. The highest BCUT2D eigenvalue weighted by molar-refractivity contribution is 5.68. The van der Waals surface area contributed by atoms with Gasteiger partial charge in [-0.3, -0.25) is 4.79 Å². The summed E-state index contributed by atoms with van der Waals surface area (Å²) in [6, 6.07) is 0. The lowest BCUT2D eigenvalue weighted by molar-refractivity contribution is -0.140. The Bertz CT molecular complexity index is 225. The zero-order valence-electron chi connectivity index (χ0n) is 9.02. The van der Waals surface area contributed by atoms with Gasteiger partial charge in [0.25, 0.3) is 0 Å². The Morgan fingerprint density at radius 3 is 2.87 bits per heavy atom. The third kappa shape index (κ3) is 4.95. The van der Waals surface area contributed by atoms with Crippen molar-refractivity contribution < 1.29 is 19.4 Å². The molecule has 2 atom stereocenters. The van der Waals surface area contributed by atoms with Gasteiger partial charge in [-0.15, -0.1) is 0 Å². The van der Waals surface area contributed by atoms with E-state index in [-0.39, 0.29) is 24.8 Å². The minimum atomic E-state index is -0.158. The van der Waals surface area contributed by atoms with Crippen LogP contribution >= 0.6 is 0 Å². The summed E-state index contributed by atoms with van der Waals surface area (Å²) in [7, 11) is 1.40. The number of carbonyl (C=O) groups is 1. The highest BCUT2D eigenvalue weighted by atomic mass is 16.6. The fourth-order valence-corrected chi connectivity index (χ4v) is 1.36. The zero-order valence-corrected chi connectivity index (χ0v) is 9.02. The molecule has 1 fully saturated rings. The molecule has 0 spiro atoms. The molecule has 4 heteroatoms. The van der Waals surface area contributed by atoms with Crippen molar-refractivity contribution in [2.45, 2.75) is 37.9 Å². The molecule has 1 aliphatic heterocycles. The maximum Gasteiger partial charge on any atom is 0.305 e. The fraction of sp³-hybridized carbons (Fsp3) is 0.727. The maximum absolute atomic E-state index is 10.8. The van der Waals surface area contributed by atoms with E-state index < -0.39 is 0 Å². The minimum absolute atomic E-state index is 0.0460. The van der Waals surface area contributed by atoms with Crippen LogP contribution in [0.25, 0.3) is 0 Å². The third-order valence-corrected chi connectivity index (χ3v) is 2.38. The first-order valence-electron chi connectivity index (χ1n) is 5.26. The molecule has 4 nitrogen and oxygen atoms in total. The van der Waals surface area contributed by atoms with Crippen molar-refractivity contribution in [3.05, 3.63) is 12.2 Å². The number of carbonyl (C=O) groups excluding carboxylic acids is 1. The lowest BCUT2D eigenvalue weighted by Gasteiger charge is -1.95. The summed E-state index contributed by atoms with van der Waals surface area (Å²) in [4.78, 5) is 10.8. The van der Waals surface area contributed by atoms with E-state index in [1.54, 1.807) is 0 Å². The SMILES string of the molecule is COC(=O)CCC/C=C/C[C@H]1O[C@@H]1CO. The van der Waals surface area contributed by atoms with Crippen LogP contribution in [0.1, 0.15) is 25.7 Å². The molecular weight excluding hydrogens is 196 g/mol. The molecule has 0 radical (unpaired) electrons. The normalized spacial score (nSPS) is 24.4. The van der Waals surface area contributed by atoms with Crippen molar-refractivity contribution in [2.75, 3.05) is 13.7 Å². The number of esters is 1. The highest BCUT2D eigenvalue weighted by Gasteiger charge is 2.36. The zero-order chi connectivity index (χ0) is 11.1. The summed E-state index contributed by atoms with van der Waals surface area (Å²) >= 11 is 0. The Labute approximate surface area is 89.9 Å². The van der Waals surface area contributed by atoms with Crippen LogP contribution in [0, 0.1) is 0 Å². The third-order valence-electron chi connectivity index (χ3n) is 2.38. The van der Waals surface area contributed by atoms with Crippen LogP contribution in [0.3, 0.4) is 0 Å². The van der Waals surface area contributed by atoms with Crippen LogP contribution in [-0.4, -0.2) is 37.0 Å². The summed E-state index contributed by atoms with van der Waals surface area (Å²) in [6.07, 6.45) is 7.35. The minimum Gasteiger partial charge on any atom is -0.469 e. The summed E-state index contributed by atoms with van der Waals surface area (Å²) < 4.78 is 9.68. The molecule has 0 aliphatic carbocycles. The highest BCUT2D eigenvalue weighted by Crippen LogP contribution is 2.24. The Kier molecular flexibility index (Phi) is 5.36. The molecule has 0 amide bonds. The van der Waals surface area contributed by atoms with Gasteiger partial charge in [0.05, 0.1) is 19.8 Å². The predicted octanol–water partition coefficient (Wildman–Crippen LogP) is 1.04. The van der Waals surface area contributed by atoms with Gasteiger partial charge in [-0.25, -0.2) is 0 Å². The molecule has 1 saturated heterocycles. The summed E-state index contributed by atoms with van der Waals surface area (Å²) in [5, 5.41) is 8.70. The Morgan fingerprint density at radius 1 is 1.47 bits per heavy atom. The summed E-state index contributed by atoms with van der Waals surface area (Å²) in [6.45, 7) is 0.112. The van der Waals surface area contributed by atoms with E-state index in [1.807, 2.05) is 12.2 Å². The van der Waals surface area contributed by atoms with Crippen LogP contribution in [0.5, 0.6) is 0 Å². The van der Waals surface area contributed by atoms with Gasteiger partial charge in [0, 0.05) is 6.42 Å². The Balaban J connectivity index is 1.92. The van der Waals surface area contributed by atoms with Crippen molar-refractivity contribution in [1.82, 2.24) is 0 Å². The van der Waals surface area contributed by atoms with Gasteiger partial charge < -0.3 is 14.6 Å². The van der Waals surface area contributed by atoms with Crippen molar-refractivity contribution in [3.63, 3.8) is 0 Å². The van der Waals surface area contributed by atoms with Gasteiger partial charge in [-0.1, -0.05) is 12.2 Å². The number of hydrogen-bond donors (Lipinski definition) is 1. The molecule has 1 N–H and O–H groups in total. The largest absolute Gasteiger partial charge is 0.469 e. The number of ether oxygens (including phenoxy) is 2. The van der Waals surface area contributed by atoms with Crippen LogP contribution in [-0.2, 0) is 14.3 Å². The lowest BCUT2D eigenvalue weighted by Crippen LogP contribution is -1.98. The van der Waals surface area contributed by atoms with Crippen LogP contribution < -0.4 is 0 Å². The number of unbranched alkanes of at least 4 members (excludes halogenated alkanes) is 1. The number of methoxy groups -OCH3 is 1. The number of aliphatic hydroxyl groups excluding tert-OH is 1. The number of rotatable bonds is 7. The monoisotopic (exact) mass is 214 g/mol. The second-order valence-electron chi connectivity index (χ2n) is 3.57. The first-order valence-corrected chi connectivity index (χ1v) is 5.26. The van der Waals surface area contributed by atoms with Crippen molar-refractivity contribution in [3.8, 4) is 0 Å². The molecule has 1 aliphatic rings. The van der Waals surface area contributed by atoms with E-state index in [0.29, 0.717) is 6.42 Å². The molecule has 15 heavy (non-hydrogen) atoms. The van der Waals surface area contributed by atoms with Gasteiger partial charge in [-0.05, 0) is 19.3 Å². The molecule has 86 valence electrons. The van der Waals surface area contributed by atoms with Gasteiger partial charge in [-0.2, -0.15) is 0 Å². The molecule has 0 aromatic carbocycles. The van der Waals surface area contributed by atoms with Crippen LogP contribution in [0.15, 0.2) is 12.2 Å². The summed E-state index contributed by atoms with van der Waals surface area (Å²) in [5.74, 6) is -0.158. The quantitative estimate of drug-likeness (QED) is 0.298. The average molecular weight is 214 g/mol. The Hall–Kier alpha value is -0.870. The second kappa shape index (κ2) is 6.58. The van der Waals surface area contributed by atoms with Gasteiger partial charge in [0.15, 0.2) is 0 Å². The van der Waals surface area contributed by atoms with Crippen LogP contribution in [0.2, 0.25) is 0 Å². The molecule has 0 aromatic rings. The molecule has 0 saturated carbocycles. The van der Waals surface area contributed by atoms with Gasteiger partial charge >= 0.3 is 5.97 Å². The van der Waals surface area contributed by atoms with Gasteiger partial charge in [0.2, 0.25) is 0 Å². The maximum atomic E-state index is 10.8.